The molecule has 0 aliphatic heterocycles. The van der Waals surface area contributed by atoms with Gasteiger partial charge in [-0.1, -0.05) is 0 Å². The summed E-state index contributed by atoms with van der Waals surface area (Å²) in [7, 11) is 0. The third kappa shape index (κ3) is 4.35. The fourth-order valence-corrected chi connectivity index (χ4v) is 2.09. The lowest BCUT2D eigenvalue weighted by Crippen LogP contribution is -2.31. The van der Waals surface area contributed by atoms with Gasteiger partial charge in [0, 0.05) is 13.0 Å². The van der Waals surface area contributed by atoms with Gasteiger partial charge in [-0.05, 0) is 28.1 Å². The summed E-state index contributed by atoms with van der Waals surface area (Å²) in [6.45, 7) is -0.965. The third-order valence-electron chi connectivity index (χ3n) is 2.58. The van der Waals surface area contributed by atoms with E-state index in [1.54, 1.807) is 18.4 Å². The zero-order chi connectivity index (χ0) is 15.5. The second-order valence-corrected chi connectivity index (χ2v) is 5.00. The van der Waals surface area contributed by atoms with Gasteiger partial charge < -0.3 is 9.73 Å². The van der Waals surface area contributed by atoms with E-state index in [0.717, 1.165) is 5.76 Å². The van der Waals surface area contributed by atoms with Crippen LogP contribution in [0.2, 0.25) is 0 Å². The summed E-state index contributed by atoms with van der Waals surface area (Å²) in [5, 5.41) is 6.43. The Hall–Kier alpha value is -1.77. The van der Waals surface area contributed by atoms with E-state index in [2.05, 4.69) is 26.3 Å². The highest BCUT2D eigenvalue weighted by molar-refractivity contribution is 9.10. The Morgan fingerprint density at radius 1 is 1.43 bits per heavy atom. The molecule has 0 unspecified atom stereocenters. The van der Waals surface area contributed by atoms with Crippen molar-refractivity contribution in [1.82, 2.24) is 9.78 Å². The van der Waals surface area contributed by atoms with Crippen LogP contribution in [-0.2, 0) is 13.0 Å². The molecule has 1 N–H and O–H groups in total. The van der Waals surface area contributed by atoms with Gasteiger partial charge in [0.15, 0.2) is 0 Å². The number of nitrogens with one attached hydrogen (secondary N) is 1. The van der Waals surface area contributed by atoms with Gasteiger partial charge in [0.1, 0.15) is 16.8 Å². The molecule has 21 heavy (non-hydrogen) atoms. The average Bonchev–Trinajstić information content (AvgIpc) is 2.89. The Kier molecular flexibility index (Phi) is 4.71. The summed E-state index contributed by atoms with van der Waals surface area (Å²) in [5.74, 6) is 0.761. The van der Waals surface area contributed by atoms with Gasteiger partial charge in [-0.15, -0.1) is 0 Å². The Morgan fingerprint density at radius 2 is 2.19 bits per heavy atom. The summed E-state index contributed by atoms with van der Waals surface area (Å²) < 4.78 is 42.3. The lowest BCUT2D eigenvalue weighted by atomic mass is 10.3. The van der Waals surface area contributed by atoms with Gasteiger partial charge in [0.05, 0.1) is 18.1 Å². The topological polar surface area (TPSA) is 60.1 Å². The fraction of sp³-hybridized carbons (Fsp3) is 0.333. The summed E-state index contributed by atoms with van der Waals surface area (Å²) in [6.07, 6.45) is -1.19. The molecule has 5 nitrogen and oxygen atoms in total. The minimum absolute atomic E-state index is 0.0150. The van der Waals surface area contributed by atoms with E-state index in [0.29, 0.717) is 23.3 Å². The Bertz CT molecular complexity index is 653. The molecule has 0 aliphatic carbocycles. The Labute approximate surface area is 125 Å². The molecule has 2 heterocycles. The van der Waals surface area contributed by atoms with Gasteiger partial charge in [0.25, 0.3) is 5.56 Å². The van der Waals surface area contributed by atoms with Crippen molar-refractivity contribution in [2.24, 2.45) is 0 Å². The van der Waals surface area contributed by atoms with E-state index in [-0.39, 0.29) is 4.47 Å². The van der Waals surface area contributed by atoms with Gasteiger partial charge in [-0.3, -0.25) is 4.79 Å². The zero-order valence-corrected chi connectivity index (χ0v) is 12.2. The van der Waals surface area contributed by atoms with Crippen LogP contribution in [0.1, 0.15) is 5.76 Å². The van der Waals surface area contributed by atoms with Crippen molar-refractivity contribution in [3.05, 3.63) is 45.2 Å². The molecule has 2 rings (SSSR count). The summed E-state index contributed by atoms with van der Waals surface area (Å²) in [4.78, 5) is 11.8. The normalized spacial score (nSPS) is 11.6. The summed E-state index contributed by atoms with van der Waals surface area (Å²) in [5.41, 5.74) is -0.500. The SMILES string of the molecule is O=c1c(Br)c(NCCc2ccco2)cnn1CC(F)(F)F. The number of nitrogens with zero attached hydrogens (tertiary/aromatic N) is 2. The van der Waals surface area contributed by atoms with Gasteiger partial charge >= 0.3 is 6.18 Å². The third-order valence-corrected chi connectivity index (χ3v) is 3.35. The smallest absolute Gasteiger partial charge is 0.408 e. The van der Waals surface area contributed by atoms with Crippen LogP contribution >= 0.6 is 15.9 Å². The Balaban J connectivity index is 2.04. The van der Waals surface area contributed by atoms with Crippen molar-refractivity contribution in [2.45, 2.75) is 19.1 Å². The molecule has 0 bridgehead atoms. The van der Waals surface area contributed by atoms with E-state index in [1.807, 2.05) is 0 Å². The predicted octanol–water partition coefficient (Wildman–Crippen LogP) is 2.82. The predicted molar refractivity (Wildman–Crippen MR) is 73.2 cm³/mol. The standard InChI is InChI=1S/C12H11BrF3N3O2/c13-10-9(17-4-3-8-2-1-5-21-8)6-18-19(11(10)20)7-12(14,15)16/h1-2,5-6,17H,3-4,7H2. The van der Waals surface area contributed by atoms with Crippen molar-refractivity contribution in [3.63, 3.8) is 0 Å². The number of aromatic nitrogens is 2. The molecule has 0 atom stereocenters. The number of halogens is 4. The van der Waals surface area contributed by atoms with Crippen LogP contribution in [-0.4, -0.2) is 22.5 Å². The number of rotatable bonds is 5. The zero-order valence-electron chi connectivity index (χ0n) is 10.7. The van der Waals surface area contributed by atoms with Crippen molar-refractivity contribution in [3.8, 4) is 0 Å². The number of alkyl halides is 3. The van der Waals surface area contributed by atoms with Gasteiger partial charge in [-0.2, -0.15) is 18.3 Å². The van der Waals surface area contributed by atoms with Gasteiger partial charge in [0.2, 0.25) is 0 Å². The summed E-state index contributed by atoms with van der Waals surface area (Å²) in [6, 6.07) is 3.56. The molecule has 2 aromatic rings. The minimum atomic E-state index is -4.50. The molecule has 0 saturated carbocycles. The molecule has 9 heteroatoms. The molecular formula is C12H11BrF3N3O2. The van der Waals surface area contributed by atoms with Crippen LogP contribution in [0.4, 0.5) is 18.9 Å². The molecule has 0 aliphatic rings. The summed E-state index contributed by atoms with van der Waals surface area (Å²) >= 11 is 2.99. The van der Waals surface area contributed by atoms with Crippen molar-refractivity contribution in [2.75, 3.05) is 11.9 Å². The first-order valence-electron chi connectivity index (χ1n) is 5.95. The van der Waals surface area contributed by atoms with Crippen LogP contribution in [0.25, 0.3) is 0 Å². The molecule has 0 saturated heterocycles. The lowest BCUT2D eigenvalue weighted by molar-refractivity contribution is -0.143. The largest absolute Gasteiger partial charge is 0.469 e. The number of anilines is 1. The molecular weight excluding hydrogens is 355 g/mol. The number of hydrogen-bond donors (Lipinski definition) is 1. The van der Waals surface area contributed by atoms with Crippen LogP contribution in [0.15, 0.2) is 38.3 Å². The second kappa shape index (κ2) is 6.33. The molecule has 0 radical (unpaired) electrons. The van der Waals surface area contributed by atoms with E-state index >= 15 is 0 Å². The van der Waals surface area contributed by atoms with Crippen LogP contribution in [0.5, 0.6) is 0 Å². The Morgan fingerprint density at radius 3 is 2.81 bits per heavy atom. The van der Waals surface area contributed by atoms with E-state index in [1.165, 1.54) is 6.20 Å². The highest BCUT2D eigenvalue weighted by Gasteiger charge is 2.29. The molecule has 0 fully saturated rings. The monoisotopic (exact) mass is 365 g/mol. The first-order valence-corrected chi connectivity index (χ1v) is 6.75. The van der Waals surface area contributed by atoms with Crippen molar-refractivity contribution in [1.29, 1.82) is 0 Å². The molecule has 0 aromatic carbocycles. The minimum Gasteiger partial charge on any atom is -0.469 e. The highest BCUT2D eigenvalue weighted by atomic mass is 79.9. The van der Waals surface area contributed by atoms with Crippen LogP contribution < -0.4 is 10.9 Å². The molecule has 114 valence electrons. The highest BCUT2D eigenvalue weighted by Crippen LogP contribution is 2.19. The molecule has 2 aromatic heterocycles. The van der Waals surface area contributed by atoms with Crippen LogP contribution in [0.3, 0.4) is 0 Å². The number of hydrogen-bond acceptors (Lipinski definition) is 4. The second-order valence-electron chi connectivity index (χ2n) is 4.21. The quantitative estimate of drug-likeness (QED) is 0.884. The van der Waals surface area contributed by atoms with E-state index in [4.69, 9.17) is 4.42 Å². The van der Waals surface area contributed by atoms with E-state index in [9.17, 15) is 18.0 Å². The maximum absolute atomic E-state index is 12.3. The van der Waals surface area contributed by atoms with Crippen molar-refractivity contribution < 1.29 is 17.6 Å². The maximum Gasteiger partial charge on any atom is 0.408 e. The average molecular weight is 366 g/mol. The number of furan rings is 1. The molecule has 0 amide bonds. The van der Waals surface area contributed by atoms with Crippen LogP contribution in [0, 0.1) is 0 Å². The fourth-order valence-electron chi connectivity index (χ4n) is 1.65. The first kappa shape index (κ1) is 15.6. The van der Waals surface area contributed by atoms with Crippen molar-refractivity contribution >= 4 is 21.6 Å². The van der Waals surface area contributed by atoms with E-state index < -0.39 is 18.3 Å². The first-order chi connectivity index (χ1) is 9.87. The molecule has 0 spiro atoms. The maximum atomic E-state index is 12.3. The lowest BCUT2D eigenvalue weighted by Gasteiger charge is -2.11. The van der Waals surface area contributed by atoms with Gasteiger partial charge in [-0.25, -0.2) is 4.68 Å².